The molecule has 0 bridgehead atoms. The maximum absolute atomic E-state index is 12.9. The molecule has 3 rings (SSSR count). The van der Waals surface area contributed by atoms with Crippen LogP contribution in [0.15, 0.2) is 48.5 Å². The van der Waals surface area contributed by atoms with Gasteiger partial charge in [-0.3, -0.25) is 4.79 Å². The maximum Gasteiger partial charge on any atom is 0.245 e. The van der Waals surface area contributed by atoms with Crippen molar-refractivity contribution in [2.75, 3.05) is 11.9 Å². The van der Waals surface area contributed by atoms with E-state index in [2.05, 4.69) is 11.4 Å². The normalized spacial score (nSPS) is 17.1. The van der Waals surface area contributed by atoms with Crippen LogP contribution in [0.5, 0.6) is 0 Å². The van der Waals surface area contributed by atoms with E-state index in [0.29, 0.717) is 18.7 Å². The lowest BCUT2D eigenvalue weighted by Gasteiger charge is -2.17. The van der Waals surface area contributed by atoms with Crippen LogP contribution in [0.25, 0.3) is 0 Å². The molecule has 0 saturated carbocycles. The summed E-state index contributed by atoms with van der Waals surface area (Å²) in [5, 5.41) is 12.0. The summed E-state index contributed by atoms with van der Waals surface area (Å²) < 4.78 is 12.9. The van der Waals surface area contributed by atoms with E-state index in [9.17, 15) is 9.18 Å². The second-order valence-electron chi connectivity index (χ2n) is 5.56. The van der Waals surface area contributed by atoms with Gasteiger partial charge in [-0.25, -0.2) is 4.39 Å². The Morgan fingerprint density at radius 3 is 2.52 bits per heavy atom. The number of anilines is 1. The van der Waals surface area contributed by atoms with E-state index in [1.54, 1.807) is 41.3 Å². The summed E-state index contributed by atoms with van der Waals surface area (Å²) in [5.74, 6) is -0.236. The predicted molar refractivity (Wildman–Crippen MR) is 85.0 cm³/mol. The van der Waals surface area contributed by atoms with Gasteiger partial charge in [-0.15, -0.1) is 0 Å². The highest BCUT2D eigenvalue weighted by atomic mass is 19.1. The number of hydrogen-bond donors (Lipinski definition) is 1. The zero-order valence-corrected chi connectivity index (χ0v) is 12.5. The largest absolute Gasteiger partial charge is 0.374 e. The van der Waals surface area contributed by atoms with Crippen molar-refractivity contribution in [2.24, 2.45) is 0 Å². The Kier molecular flexibility index (Phi) is 4.24. The van der Waals surface area contributed by atoms with Crippen molar-refractivity contribution < 1.29 is 9.18 Å². The molecule has 1 amide bonds. The molecule has 1 atom stereocenters. The first-order chi connectivity index (χ1) is 11.2. The Bertz CT molecular complexity index is 734. The van der Waals surface area contributed by atoms with E-state index >= 15 is 0 Å². The summed E-state index contributed by atoms with van der Waals surface area (Å²) in [7, 11) is 0. The molecule has 2 aromatic rings. The number of likely N-dealkylation sites (tertiary alicyclic amines) is 1. The van der Waals surface area contributed by atoms with Crippen molar-refractivity contribution in [1.82, 2.24) is 4.90 Å². The van der Waals surface area contributed by atoms with Crippen LogP contribution in [0.2, 0.25) is 0 Å². The number of amides is 1. The molecule has 1 heterocycles. The van der Waals surface area contributed by atoms with Crippen LogP contribution in [-0.4, -0.2) is 23.4 Å². The number of benzene rings is 2. The summed E-state index contributed by atoms with van der Waals surface area (Å²) in [4.78, 5) is 14.2. The minimum atomic E-state index is -0.276. The molecule has 0 spiro atoms. The van der Waals surface area contributed by atoms with Crippen LogP contribution in [0.3, 0.4) is 0 Å². The summed E-state index contributed by atoms with van der Waals surface area (Å²) in [6.07, 6.45) is 0.722. The first-order valence-electron chi connectivity index (χ1n) is 7.45. The first kappa shape index (κ1) is 15.0. The van der Waals surface area contributed by atoms with Crippen LogP contribution in [0.1, 0.15) is 17.5 Å². The monoisotopic (exact) mass is 309 g/mol. The highest BCUT2D eigenvalue weighted by Crippen LogP contribution is 2.20. The molecule has 0 aliphatic carbocycles. The van der Waals surface area contributed by atoms with Gasteiger partial charge in [-0.1, -0.05) is 12.1 Å². The SMILES string of the molecule is N#Cc1ccc(NC2CCN(Cc3ccc(F)cc3)C2=O)cc1. The molecule has 0 aromatic heterocycles. The number of rotatable bonds is 4. The van der Waals surface area contributed by atoms with Crippen molar-refractivity contribution >= 4 is 11.6 Å². The molecular formula is C18H16FN3O. The molecule has 2 aromatic carbocycles. The molecule has 1 saturated heterocycles. The molecule has 1 N–H and O–H groups in total. The molecule has 4 nitrogen and oxygen atoms in total. The van der Waals surface area contributed by atoms with Crippen molar-refractivity contribution in [3.8, 4) is 6.07 Å². The molecule has 5 heteroatoms. The average molecular weight is 309 g/mol. The van der Waals surface area contributed by atoms with Gasteiger partial charge < -0.3 is 10.2 Å². The van der Waals surface area contributed by atoms with Gasteiger partial charge in [-0.2, -0.15) is 5.26 Å². The Balaban J connectivity index is 1.61. The second-order valence-corrected chi connectivity index (χ2v) is 5.56. The van der Waals surface area contributed by atoms with E-state index in [-0.39, 0.29) is 17.8 Å². The van der Waals surface area contributed by atoms with Gasteiger partial charge in [0.25, 0.3) is 0 Å². The van der Waals surface area contributed by atoms with Crippen molar-refractivity contribution in [1.29, 1.82) is 5.26 Å². The molecule has 1 fully saturated rings. The smallest absolute Gasteiger partial charge is 0.245 e. The minimum absolute atomic E-state index is 0.0404. The highest BCUT2D eigenvalue weighted by Gasteiger charge is 2.31. The molecule has 23 heavy (non-hydrogen) atoms. The third-order valence-corrected chi connectivity index (χ3v) is 3.94. The maximum atomic E-state index is 12.9. The van der Waals surface area contributed by atoms with E-state index in [4.69, 9.17) is 5.26 Å². The topological polar surface area (TPSA) is 56.1 Å². The summed E-state index contributed by atoms with van der Waals surface area (Å²) in [6.45, 7) is 1.16. The third kappa shape index (κ3) is 3.49. The summed E-state index contributed by atoms with van der Waals surface area (Å²) >= 11 is 0. The van der Waals surface area contributed by atoms with Gasteiger partial charge in [0.15, 0.2) is 0 Å². The van der Waals surface area contributed by atoms with Crippen LogP contribution in [-0.2, 0) is 11.3 Å². The van der Waals surface area contributed by atoms with Gasteiger partial charge in [0.1, 0.15) is 11.9 Å². The van der Waals surface area contributed by atoms with E-state index in [1.807, 2.05) is 0 Å². The Hall–Kier alpha value is -2.87. The van der Waals surface area contributed by atoms with Crippen molar-refractivity contribution in [2.45, 2.75) is 19.0 Å². The summed E-state index contributed by atoms with van der Waals surface area (Å²) in [6, 6.07) is 15.1. The third-order valence-electron chi connectivity index (χ3n) is 3.94. The lowest BCUT2D eigenvalue weighted by Crippen LogP contribution is -2.33. The fourth-order valence-corrected chi connectivity index (χ4v) is 2.68. The van der Waals surface area contributed by atoms with Crippen molar-refractivity contribution in [3.63, 3.8) is 0 Å². The van der Waals surface area contributed by atoms with Gasteiger partial charge in [0.2, 0.25) is 5.91 Å². The van der Waals surface area contributed by atoms with Gasteiger partial charge >= 0.3 is 0 Å². The number of nitrogens with one attached hydrogen (secondary N) is 1. The predicted octanol–water partition coefficient (Wildman–Crippen LogP) is 2.91. The lowest BCUT2D eigenvalue weighted by molar-refractivity contribution is -0.128. The zero-order valence-electron chi connectivity index (χ0n) is 12.5. The summed E-state index contributed by atoms with van der Waals surface area (Å²) in [5.41, 5.74) is 2.33. The number of nitriles is 1. The van der Waals surface area contributed by atoms with Gasteiger partial charge in [-0.05, 0) is 48.4 Å². The minimum Gasteiger partial charge on any atom is -0.374 e. The second kappa shape index (κ2) is 6.49. The van der Waals surface area contributed by atoms with E-state index < -0.39 is 0 Å². The number of halogens is 1. The molecule has 1 aliphatic rings. The van der Waals surface area contributed by atoms with E-state index in [0.717, 1.165) is 17.7 Å². The Morgan fingerprint density at radius 1 is 1.17 bits per heavy atom. The fourth-order valence-electron chi connectivity index (χ4n) is 2.68. The van der Waals surface area contributed by atoms with Crippen LogP contribution in [0, 0.1) is 17.1 Å². The first-order valence-corrected chi connectivity index (χ1v) is 7.45. The van der Waals surface area contributed by atoms with Crippen molar-refractivity contribution in [3.05, 3.63) is 65.5 Å². The number of nitrogens with zero attached hydrogens (tertiary/aromatic N) is 2. The number of carbonyl (C=O) groups is 1. The Morgan fingerprint density at radius 2 is 1.87 bits per heavy atom. The van der Waals surface area contributed by atoms with Crippen LogP contribution >= 0.6 is 0 Å². The van der Waals surface area contributed by atoms with E-state index in [1.165, 1.54) is 12.1 Å². The van der Waals surface area contributed by atoms with Crippen LogP contribution < -0.4 is 5.32 Å². The lowest BCUT2D eigenvalue weighted by atomic mass is 10.2. The average Bonchev–Trinajstić information content (AvgIpc) is 2.91. The standard InChI is InChI=1S/C18H16FN3O/c19-15-5-1-14(2-6-15)12-22-10-9-17(18(22)23)21-16-7-3-13(11-20)4-8-16/h1-8,17,21H,9-10,12H2. The number of hydrogen-bond acceptors (Lipinski definition) is 3. The highest BCUT2D eigenvalue weighted by molar-refractivity contribution is 5.86. The van der Waals surface area contributed by atoms with Crippen LogP contribution in [0.4, 0.5) is 10.1 Å². The molecule has 0 radical (unpaired) electrons. The molecule has 1 aliphatic heterocycles. The van der Waals surface area contributed by atoms with Gasteiger partial charge in [0.05, 0.1) is 11.6 Å². The fraction of sp³-hybridized carbons (Fsp3) is 0.222. The zero-order chi connectivity index (χ0) is 16.2. The molecule has 1 unspecified atom stereocenters. The number of carbonyl (C=O) groups excluding carboxylic acids is 1. The molecule has 116 valence electrons. The Labute approximate surface area is 134 Å². The van der Waals surface area contributed by atoms with Gasteiger partial charge in [0, 0.05) is 18.8 Å². The quantitative estimate of drug-likeness (QED) is 0.945. The molecular weight excluding hydrogens is 293 g/mol.